The molecule has 2 aromatic rings. The lowest BCUT2D eigenvalue weighted by Crippen LogP contribution is -2.22. The minimum absolute atomic E-state index is 0.106. The molecule has 0 saturated carbocycles. The van der Waals surface area contributed by atoms with E-state index < -0.39 is 0 Å². The van der Waals surface area contributed by atoms with Crippen LogP contribution in [0.25, 0.3) is 11.0 Å². The maximum Gasteiger partial charge on any atom is 0.159 e. The van der Waals surface area contributed by atoms with E-state index in [0.717, 1.165) is 28.7 Å². The van der Waals surface area contributed by atoms with Gasteiger partial charge in [-0.25, -0.2) is 0 Å². The first-order chi connectivity index (χ1) is 9.28. The van der Waals surface area contributed by atoms with Crippen LogP contribution >= 0.6 is 0 Å². The third kappa shape index (κ3) is 2.52. The van der Waals surface area contributed by atoms with E-state index in [9.17, 15) is 0 Å². The number of ether oxygens (including phenoxy) is 2. The first kappa shape index (κ1) is 12.7. The summed E-state index contributed by atoms with van der Waals surface area (Å²) in [6, 6.07) is 8.39. The third-order valence-corrected chi connectivity index (χ3v) is 3.57. The summed E-state index contributed by atoms with van der Waals surface area (Å²) in [5.74, 6) is 0.936. The van der Waals surface area contributed by atoms with Crippen LogP contribution in [0.5, 0.6) is 0 Å². The fourth-order valence-corrected chi connectivity index (χ4v) is 2.51. The Morgan fingerprint density at radius 3 is 2.79 bits per heavy atom. The van der Waals surface area contributed by atoms with Crippen molar-refractivity contribution in [3.8, 4) is 0 Å². The van der Waals surface area contributed by atoms with Gasteiger partial charge in [0.2, 0.25) is 0 Å². The summed E-state index contributed by atoms with van der Waals surface area (Å²) in [4.78, 5) is 0. The van der Waals surface area contributed by atoms with Gasteiger partial charge in [-0.2, -0.15) is 0 Å². The number of fused-ring (bicyclic) bond motifs is 1. The van der Waals surface area contributed by atoms with Gasteiger partial charge in [0.25, 0.3) is 0 Å². The molecule has 0 spiro atoms. The van der Waals surface area contributed by atoms with Crippen LogP contribution in [0.2, 0.25) is 0 Å². The predicted octanol–water partition coefficient (Wildman–Crippen LogP) is 2.76. The van der Waals surface area contributed by atoms with E-state index in [0.29, 0.717) is 13.2 Å². The second-order valence-corrected chi connectivity index (χ2v) is 4.89. The van der Waals surface area contributed by atoms with E-state index >= 15 is 0 Å². The second-order valence-electron chi connectivity index (χ2n) is 4.89. The van der Waals surface area contributed by atoms with E-state index in [4.69, 9.17) is 13.9 Å². The van der Waals surface area contributed by atoms with Crippen LogP contribution < -0.4 is 5.32 Å². The van der Waals surface area contributed by atoms with Crippen LogP contribution in [0.4, 0.5) is 0 Å². The Bertz CT molecular complexity index is 558. The normalized spacial score (nSPS) is 18.2. The molecule has 4 nitrogen and oxygen atoms in total. The second kappa shape index (κ2) is 5.33. The number of para-hydroxylation sites is 1. The highest BCUT2D eigenvalue weighted by atomic mass is 16.7. The fraction of sp³-hybridized carbons (Fsp3) is 0.467. The molecular weight excluding hydrogens is 242 g/mol. The molecule has 1 aliphatic heterocycles. The molecule has 0 radical (unpaired) electrons. The summed E-state index contributed by atoms with van der Waals surface area (Å²) in [5, 5.41) is 4.41. The standard InChI is InChI=1S/C15H19NO3/c1-10-4-3-5-11-8-13(19-15(10)11)12(16-2)9-14-17-6-7-18-14/h3-5,8,12,14,16H,6-7,9H2,1-2H3. The number of hydrogen-bond acceptors (Lipinski definition) is 4. The molecular formula is C15H19NO3. The zero-order chi connectivity index (χ0) is 13.2. The summed E-state index contributed by atoms with van der Waals surface area (Å²) in [5.41, 5.74) is 2.12. The van der Waals surface area contributed by atoms with Gasteiger partial charge in [-0.1, -0.05) is 18.2 Å². The molecule has 102 valence electrons. The quantitative estimate of drug-likeness (QED) is 0.919. The maximum atomic E-state index is 5.99. The van der Waals surface area contributed by atoms with Crippen LogP contribution in [-0.4, -0.2) is 26.6 Å². The Kier molecular flexibility index (Phi) is 3.55. The number of furan rings is 1. The van der Waals surface area contributed by atoms with E-state index in [1.165, 1.54) is 0 Å². The first-order valence-corrected chi connectivity index (χ1v) is 6.67. The van der Waals surface area contributed by atoms with Gasteiger partial charge in [0.15, 0.2) is 6.29 Å². The molecule has 0 bridgehead atoms. The van der Waals surface area contributed by atoms with Gasteiger partial charge in [-0.05, 0) is 25.6 Å². The molecule has 2 heterocycles. The van der Waals surface area contributed by atoms with E-state index in [-0.39, 0.29) is 12.3 Å². The van der Waals surface area contributed by atoms with Gasteiger partial charge in [-0.3, -0.25) is 0 Å². The SMILES string of the molecule is CNC(CC1OCCO1)c1cc2cccc(C)c2o1. The van der Waals surface area contributed by atoms with Gasteiger partial charge in [-0.15, -0.1) is 0 Å². The lowest BCUT2D eigenvalue weighted by atomic mass is 10.1. The molecule has 1 N–H and O–H groups in total. The zero-order valence-corrected chi connectivity index (χ0v) is 11.3. The van der Waals surface area contributed by atoms with Gasteiger partial charge in [0, 0.05) is 11.8 Å². The average molecular weight is 261 g/mol. The molecule has 1 atom stereocenters. The molecule has 1 saturated heterocycles. The minimum Gasteiger partial charge on any atom is -0.459 e. The lowest BCUT2D eigenvalue weighted by molar-refractivity contribution is -0.0537. The monoisotopic (exact) mass is 261 g/mol. The number of hydrogen-bond donors (Lipinski definition) is 1. The Morgan fingerprint density at radius 1 is 1.32 bits per heavy atom. The van der Waals surface area contributed by atoms with E-state index in [1.54, 1.807) is 0 Å². The van der Waals surface area contributed by atoms with Crippen molar-refractivity contribution < 1.29 is 13.9 Å². The van der Waals surface area contributed by atoms with Crippen molar-refractivity contribution in [2.45, 2.75) is 25.7 Å². The molecule has 1 aromatic heterocycles. The van der Waals surface area contributed by atoms with Crippen LogP contribution in [0.15, 0.2) is 28.7 Å². The summed E-state index contributed by atoms with van der Waals surface area (Å²) >= 11 is 0. The van der Waals surface area contributed by atoms with Crippen LogP contribution in [0.1, 0.15) is 23.8 Å². The van der Waals surface area contributed by atoms with Gasteiger partial charge in [0.1, 0.15) is 11.3 Å². The molecule has 1 aromatic carbocycles. The molecule has 3 rings (SSSR count). The molecule has 0 aliphatic carbocycles. The van der Waals surface area contributed by atoms with Crippen LogP contribution in [0.3, 0.4) is 0 Å². The van der Waals surface area contributed by atoms with Crippen molar-refractivity contribution in [3.63, 3.8) is 0 Å². The Morgan fingerprint density at radius 2 is 2.11 bits per heavy atom. The molecule has 1 fully saturated rings. The van der Waals surface area contributed by atoms with Gasteiger partial charge in [0.05, 0.1) is 19.3 Å². The van der Waals surface area contributed by atoms with Gasteiger partial charge < -0.3 is 19.2 Å². The van der Waals surface area contributed by atoms with Crippen molar-refractivity contribution in [1.82, 2.24) is 5.32 Å². The molecule has 0 amide bonds. The highest BCUT2D eigenvalue weighted by molar-refractivity contribution is 5.80. The van der Waals surface area contributed by atoms with Crippen molar-refractivity contribution in [3.05, 3.63) is 35.6 Å². The first-order valence-electron chi connectivity index (χ1n) is 6.67. The Hall–Kier alpha value is -1.36. The highest BCUT2D eigenvalue weighted by Crippen LogP contribution is 2.29. The summed E-state index contributed by atoms with van der Waals surface area (Å²) in [7, 11) is 1.93. The maximum absolute atomic E-state index is 5.99. The van der Waals surface area contributed by atoms with Crippen LogP contribution in [-0.2, 0) is 9.47 Å². The summed E-state index contributed by atoms with van der Waals surface area (Å²) in [6.45, 7) is 3.42. The zero-order valence-electron chi connectivity index (χ0n) is 11.3. The summed E-state index contributed by atoms with van der Waals surface area (Å²) < 4.78 is 17.0. The van der Waals surface area contributed by atoms with Crippen LogP contribution in [0, 0.1) is 6.92 Å². The van der Waals surface area contributed by atoms with Crippen molar-refractivity contribution >= 4 is 11.0 Å². The van der Waals surface area contributed by atoms with E-state index in [2.05, 4.69) is 36.5 Å². The minimum atomic E-state index is -0.133. The topological polar surface area (TPSA) is 43.6 Å². The average Bonchev–Trinajstić information content (AvgIpc) is 3.05. The molecule has 1 unspecified atom stereocenters. The Labute approximate surface area is 112 Å². The number of benzene rings is 1. The van der Waals surface area contributed by atoms with Crippen molar-refractivity contribution in [2.24, 2.45) is 0 Å². The number of rotatable bonds is 4. The number of aryl methyl sites for hydroxylation is 1. The molecule has 4 heteroatoms. The van der Waals surface area contributed by atoms with Gasteiger partial charge >= 0.3 is 0 Å². The lowest BCUT2D eigenvalue weighted by Gasteiger charge is -2.17. The van der Waals surface area contributed by atoms with Crippen molar-refractivity contribution in [2.75, 3.05) is 20.3 Å². The number of nitrogens with one attached hydrogen (secondary N) is 1. The van der Waals surface area contributed by atoms with E-state index in [1.807, 2.05) is 7.05 Å². The fourth-order valence-electron chi connectivity index (χ4n) is 2.51. The third-order valence-electron chi connectivity index (χ3n) is 3.57. The van der Waals surface area contributed by atoms with Crippen molar-refractivity contribution in [1.29, 1.82) is 0 Å². The summed E-state index contributed by atoms with van der Waals surface area (Å²) in [6.07, 6.45) is 0.627. The Balaban J connectivity index is 1.86. The molecule has 1 aliphatic rings. The largest absolute Gasteiger partial charge is 0.459 e. The smallest absolute Gasteiger partial charge is 0.159 e. The highest BCUT2D eigenvalue weighted by Gasteiger charge is 2.24. The molecule has 19 heavy (non-hydrogen) atoms. The predicted molar refractivity (Wildman–Crippen MR) is 73.1 cm³/mol.